The van der Waals surface area contributed by atoms with Crippen LogP contribution in [0, 0.1) is 0 Å². The Morgan fingerprint density at radius 2 is 2.07 bits per heavy atom. The number of halogens is 1. The Labute approximate surface area is 89.1 Å². The van der Waals surface area contributed by atoms with Crippen molar-refractivity contribution in [2.24, 2.45) is 4.99 Å². The van der Waals surface area contributed by atoms with E-state index in [2.05, 4.69) is 26.2 Å². The van der Waals surface area contributed by atoms with Crippen molar-refractivity contribution in [1.29, 1.82) is 0 Å². The van der Waals surface area contributed by atoms with Crippen molar-refractivity contribution in [3.63, 3.8) is 0 Å². The number of aliphatic imine (C=N–C) groups is 1. The van der Waals surface area contributed by atoms with E-state index < -0.39 is 0 Å². The molecule has 0 spiro atoms. The average molecular weight is 255 g/mol. The van der Waals surface area contributed by atoms with Gasteiger partial charge < -0.3 is 4.74 Å². The summed E-state index contributed by atoms with van der Waals surface area (Å²) in [4.78, 5) is 14.9. The zero-order valence-corrected chi connectivity index (χ0v) is 8.74. The summed E-state index contributed by atoms with van der Waals surface area (Å²) in [6, 6.07) is 7.65. The molecular formula is C9H7BrN2O2. The maximum Gasteiger partial charge on any atom is 0.297 e. The number of hydrogen-bond donors (Lipinski definition) is 1. The molecule has 0 bridgehead atoms. The number of nitrogens with one attached hydrogen (secondary N) is 1. The maximum atomic E-state index is 10.8. The Balaban J connectivity index is 2.17. The van der Waals surface area contributed by atoms with Crippen molar-refractivity contribution in [3.05, 3.63) is 28.7 Å². The normalized spacial score (nSPS) is 18.1. The molecule has 14 heavy (non-hydrogen) atoms. The van der Waals surface area contributed by atoms with E-state index in [1.165, 1.54) is 0 Å². The Kier molecular flexibility index (Phi) is 2.49. The molecule has 1 saturated heterocycles. The van der Waals surface area contributed by atoms with E-state index >= 15 is 0 Å². The second kappa shape index (κ2) is 3.79. The fourth-order valence-corrected chi connectivity index (χ4v) is 1.28. The smallest absolute Gasteiger partial charge is 0.297 e. The van der Waals surface area contributed by atoms with Crippen LogP contribution in [0.15, 0.2) is 33.7 Å². The fourth-order valence-electron chi connectivity index (χ4n) is 1.02. The number of benzene rings is 1. The lowest BCUT2D eigenvalue weighted by Gasteiger charge is -1.96. The minimum atomic E-state index is -0.166. The molecule has 0 aromatic heterocycles. The average Bonchev–Trinajstić information content (AvgIpc) is 2.56. The van der Waals surface area contributed by atoms with Crippen molar-refractivity contribution in [2.45, 2.75) is 0 Å². The molecule has 2 rings (SSSR count). The zero-order chi connectivity index (χ0) is 9.97. The van der Waals surface area contributed by atoms with Crippen LogP contribution in [0.25, 0.3) is 0 Å². The number of rotatable bonds is 1. The van der Waals surface area contributed by atoms with Gasteiger partial charge in [0.15, 0.2) is 6.61 Å². The Morgan fingerprint density at radius 1 is 1.36 bits per heavy atom. The third-order valence-electron chi connectivity index (χ3n) is 1.64. The molecule has 1 aromatic carbocycles. The van der Waals surface area contributed by atoms with E-state index in [-0.39, 0.29) is 18.5 Å². The number of amidine groups is 1. The first-order valence-corrected chi connectivity index (χ1v) is 4.80. The molecule has 0 atom stereocenters. The summed E-state index contributed by atoms with van der Waals surface area (Å²) < 4.78 is 5.96. The molecule has 0 radical (unpaired) electrons. The summed E-state index contributed by atoms with van der Waals surface area (Å²) in [6.07, 6.45) is 0. The van der Waals surface area contributed by atoms with Crippen LogP contribution < -0.4 is 5.32 Å². The summed E-state index contributed by atoms with van der Waals surface area (Å²) in [5.74, 6) is -0.166. The number of carbonyl (C=O) groups is 1. The summed E-state index contributed by atoms with van der Waals surface area (Å²) >= 11 is 3.32. The molecule has 72 valence electrons. The highest BCUT2D eigenvalue weighted by molar-refractivity contribution is 9.10. The number of carbonyl (C=O) groups excluding carboxylic acids is 1. The molecule has 1 amide bonds. The molecule has 1 N–H and O–H groups in total. The van der Waals surface area contributed by atoms with Gasteiger partial charge in [-0.2, -0.15) is 4.99 Å². The third-order valence-corrected chi connectivity index (χ3v) is 2.17. The number of nitrogens with zero attached hydrogens (tertiary/aromatic N) is 1. The predicted octanol–water partition coefficient (Wildman–Crippen LogP) is 1.58. The first-order chi connectivity index (χ1) is 6.74. The first kappa shape index (κ1) is 9.21. The van der Waals surface area contributed by atoms with Crippen LogP contribution in [0.3, 0.4) is 0 Å². The molecule has 1 heterocycles. The minimum Gasteiger partial charge on any atom is -0.455 e. The van der Waals surface area contributed by atoms with Gasteiger partial charge in [0.05, 0.1) is 5.69 Å². The summed E-state index contributed by atoms with van der Waals surface area (Å²) in [5.41, 5.74) is 0.741. The second-order valence-electron chi connectivity index (χ2n) is 2.73. The highest BCUT2D eigenvalue weighted by atomic mass is 79.9. The lowest BCUT2D eigenvalue weighted by molar-refractivity contribution is -0.119. The zero-order valence-electron chi connectivity index (χ0n) is 7.16. The SMILES string of the molecule is O=C1COC(=Nc2ccc(Br)cc2)N1. The Bertz CT molecular complexity index is 386. The molecule has 1 fully saturated rings. The molecule has 1 aliphatic heterocycles. The van der Waals surface area contributed by atoms with E-state index in [1.54, 1.807) is 0 Å². The predicted molar refractivity (Wildman–Crippen MR) is 55.3 cm³/mol. The van der Waals surface area contributed by atoms with Gasteiger partial charge in [-0.1, -0.05) is 15.9 Å². The second-order valence-corrected chi connectivity index (χ2v) is 3.65. The Hall–Kier alpha value is -1.36. The van der Waals surface area contributed by atoms with Crippen molar-refractivity contribution in [1.82, 2.24) is 5.32 Å². The highest BCUT2D eigenvalue weighted by Gasteiger charge is 2.16. The van der Waals surface area contributed by atoms with Gasteiger partial charge in [0.25, 0.3) is 11.9 Å². The Morgan fingerprint density at radius 3 is 2.64 bits per heavy atom. The molecule has 4 nitrogen and oxygen atoms in total. The lowest BCUT2D eigenvalue weighted by atomic mass is 10.3. The number of amides is 1. The van der Waals surface area contributed by atoms with Gasteiger partial charge in [0.1, 0.15) is 0 Å². The molecular weight excluding hydrogens is 248 g/mol. The van der Waals surface area contributed by atoms with Crippen molar-refractivity contribution < 1.29 is 9.53 Å². The van der Waals surface area contributed by atoms with Crippen LogP contribution in [-0.4, -0.2) is 18.5 Å². The van der Waals surface area contributed by atoms with Crippen LogP contribution in [0.1, 0.15) is 0 Å². The van der Waals surface area contributed by atoms with Crippen LogP contribution >= 0.6 is 15.9 Å². The van der Waals surface area contributed by atoms with Crippen molar-refractivity contribution in [3.8, 4) is 0 Å². The van der Waals surface area contributed by atoms with E-state index in [9.17, 15) is 4.79 Å². The molecule has 0 unspecified atom stereocenters. The van der Waals surface area contributed by atoms with Gasteiger partial charge in [-0.15, -0.1) is 0 Å². The van der Waals surface area contributed by atoms with Crippen LogP contribution in [-0.2, 0) is 9.53 Å². The third kappa shape index (κ3) is 2.11. The van der Waals surface area contributed by atoms with E-state index in [1.807, 2.05) is 24.3 Å². The fraction of sp³-hybridized carbons (Fsp3) is 0.111. The molecule has 1 aromatic rings. The molecule has 0 saturated carbocycles. The van der Waals surface area contributed by atoms with Gasteiger partial charge in [-0.05, 0) is 24.3 Å². The van der Waals surface area contributed by atoms with Gasteiger partial charge in [-0.3, -0.25) is 10.1 Å². The van der Waals surface area contributed by atoms with E-state index in [4.69, 9.17) is 4.74 Å². The van der Waals surface area contributed by atoms with Crippen LogP contribution in [0.4, 0.5) is 5.69 Å². The van der Waals surface area contributed by atoms with Crippen LogP contribution in [0.2, 0.25) is 0 Å². The van der Waals surface area contributed by atoms with E-state index in [0.717, 1.165) is 10.2 Å². The summed E-state index contributed by atoms with van der Waals surface area (Å²) in [5, 5.41) is 2.49. The van der Waals surface area contributed by atoms with Crippen molar-refractivity contribution >= 4 is 33.5 Å². The molecule has 5 heteroatoms. The largest absolute Gasteiger partial charge is 0.455 e. The van der Waals surface area contributed by atoms with Gasteiger partial charge in [0, 0.05) is 4.47 Å². The lowest BCUT2D eigenvalue weighted by Crippen LogP contribution is -2.20. The van der Waals surface area contributed by atoms with Crippen LogP contribution in [0.5, 0.6) is 0 Å². The quantitative estimate of drug-likeness (QED) is 0.828. The summed E-state index contributed by atoms with van der Waals surface area (Å²) in [7, 11) is 0. The highest BCUT2D eigenvalue weighted by Crippen LogP contribution is 2.17. The van der Waals surface area contributed by atoms with Gasteiger partial charge in [0.2, 0.25) is 0 Å². The number of ether oxygens (including phenoxy) is 1. The van der Waals surface area contributed by atoms with Gasteiger partial charge in [-0.25, -0.2) is 0 Å². The number of hydrogen-bond acceptors (Lipinski definition) is 3. The van der Waals surface area contributed by atoms with E-state index in [0.29, 0.717) is 0 Å². The topological polar surface area (TPSA) is 50.7 Å². The standard InChI is InChI=1S/C9H7BrN2O2/c10-6-1-3-7(4-2-6)11-9-12-8(13)5-14-9/h1-4H,5H2,(H,11,12,13). The summed E-state index contributed by atoms with van der Waals surface area (Å²) in [6.45, 7) is 0.0510. The van der Waals surface area contributed by atoms with Crippen molar-refractivity contribution in [2.75, 3.05) is 6.61 Å². The maximum absolute atomic E-state index is 10.8. The molecule has 0 aliphatic carbocycles. The monoisotopic (exact) mass is 254 g/mol. The first-order valence-electron chi connectivity index (χ1n) is 4.01. The molecule has 1 aliphatic rings. The van der Waals surface area contributed by atoms with Gasteiger partial charge >= 0.3 is 0 Å². The minimum absolute atomic E-state index is 0.0510.